The number of hydrogen-bond acceptors (Lipinski definition) is 6. The van der Waals surface area contributed by atoms with E-state index >= 15 is 0 Å². The number of benzene rings is 1. The van der Waals surface area contributed by atoms with Crippen LogP contribution in [-0.4, -0.2) is 38.7 Å². The minimum atomic E-state index is -3.59. The Hall–Kier alpha value is -2.09. The van der Waals surface area contributed by atoms with Crippen molar-refractivity contribution < 1.29 is 26.9 Å². The monoisotopic (exact) mass is 343 g/mol. The van der Waals surface area contributed by atoms with Crippen LogP contribution in [0, 0.1) is 0 Å². The van der Waals surface area contributed by atoms with E-state index in [2.05, 4.69) is 5.32 Å². The smallest absolute Gasteiger partial charge is 0.329 e. The lowest BCUT2D eigenvalue weighted by atomic mass is 10.1. The lowest BCUT2D eigenvalue weighted by molar-refractivity contribution is -0.151. The van der Waals surface area contributed by atoms with Crippen LogP contribution in [-0.2, 0) is 30.9 Å². The number of nitrogens with one attached hydrogen (secondary N) is 1. The van der Waals surface area contributed by atoms with E-state index in [0.29, 0.717) is 0 Å². The van der Waals surface area contributed by atoms with Gasteiger partial charge in [0.15, 0.2) is 0 Å². The zero-order valence-corrected chi connectivity index (χ0v) is 14.3. The van der Waals surface area contributed by atoms with Gasteiger partial charge in [-0.1, -0.05) is 12.1 Å². The molecule has 1 atom stereocenters. The first-order valence-corrected chi connectivity index (χ1v) is 8.84. The summed E-state index contributed by atoms with van der Waals surface area (Å²) < 4.78 is 31.9. The number of amides is 1. The van der Waals surface area contributed by atoms with Crippen LogP contribution < -0.4 is 9.50 Å². The Balaban J connectivity index is 2.82. The molecular formula is C15H21NO6S. The van der Waals surface area contributed by atoms with Crippen molar-refractivity contribution in [3.63, 3.8) is 0 Å². The molecule has 0 aliphatic rings. The molecule has 1 N–H and O–H groups in total. The second-order valence-corrected chi connectivity index (χ2v) is 6.95. The Morgan fingerprint density at radius 3 is 2.17 bits per heavy atom. The van der Waals surface area contributed by atoms with Gasteiger partial charge >= 0.3 is 16.1 Å². The van der Waals surface area contributed by atoms with Gasteiger partial charge in [0, 0.05) is 13.3 Å². The maximum atomic E-state index is 12.0. The SMILES string of the molecule is CC(=O)N[C@@H](Cc1ccc(OS(C)(=O)=O)cc1)C(=O)OC(C)C. The summed E-state index contributed by atoms with van der Waals surface area (Å²) in [6, 6.07) is 5.40. The molecule has 0 saturated heterocycles. The molecule has 0 aliphatic heterocycles. The summed E-state index contributed by atoms with van der Waals surface area (Å²) in [5.41, 5.74) is 0.727. The second-order valence-electron chi connectivity index (χ2n) is 5.37. The Morgan fingerprint density at radius 1 is 1.17 bits per heavy atom. The van der Waals surface area contributed by atoms with E-state index < -0.39 is 22.1 Å². The summed E-state index contributed by atoms with van der Waals surface area (Å²) in [6.07, 6.45) is 0.893. The molecule has 0 aromatic heterocycles. The van der Waals surface area contributed by atoms with Gasteiger partial charge in [0.05, 0.1) is 12.4 Å². The van der Waals surface area contributed by atoms with Gasteiger partial charge in [-0.2, -0.15) is 8.42 Å². The molecule has 0 aliphatic carbocycles. The molecule has 1 rings (SSSR count). The van der Waals surface area contributed by atoms with E-state index in [1.54, 1.807) is 26.0 Å². The lowest BCUT2D eigenvalue weighted by Gasteiger charge is -2.18. The molecule has 0 fully saturated rings. The van der Waals surface area contributed by atoms with Crippen LogP contribution >= 0.6 is 0 Å². The highest BCUT2D eigenvalue weighted by Gasteiger charge is 2.22. The fourth-order valence-corrected chi connectivity index (χ4v) is 2.31. The zero-order chi connectivity index (χ0) is 17.6. The molecule has 128 valence electrons. The van der Waals surface area contributed by atoms with Crippen molar-refractivity contribution in [2.75, 3.05) is 6.26 Å². The normalized spacial score (nSPS) is 12.6. The third-order valence-corrected chi connectivity index (χ3v) is 3.12. The van der Waals surface area contributed by atoms with Gasteiger partial charge in [-0.15, -0.1) is 0 Å². The molecule has 0 saturated carbocycles. The molecule has 8 heteroatoms. The predicted molar refractivity (Wildman–Crippen MR) is 84.5 cm³/mol. The van der Waals surface area contributed by atoms with Crippen molar-refractivity contribution in [1.82, 2.24) is 5.32 Å². The summed E-state index contributed by atoms with van der Waals surface area (Å²) in [4.78, 5) is 23.2. The maximum Gasteiger partial charge on any atom is 0.329 e. The van der Waals surface area contributed by atoms with Crippen molar-refractivity contribution in [2.24, 2.45) is 0 Å². The number of carbonyl (C=O) groups is 2. The topological polar surface area (TPSA) is 98.8 Å². The van der Waals surface area contributed by atoms with Gasteiger partial charge in [-0.25, -0.2) is 4.79 Å². The first-order valence-electron chi connectivity index (χ1n) is 7.03. The molecule has 0 spiro atoms. The molecule has 0 bridgehead atoms. The average molecular weight is 343 g/mol. The summed E-state index contributed by atoms with van der Waals surface area (Å²) in [5, 5.41) is 2.55. The van der Waals surface area contributed by atoms with Gasteiger partial charge in [0.1, 0.15) is 11.8 Å². The number of esters is 1. The van der Waals surface area contributed by atoms with Crippen LogP contribution in [0.25, 0.3) is 0 Å². The van der Waals surface area contributed by atoms with Crippen LogP contribution in [0.2, 0.25) is 0 Å². The van der Waals surface area contributed by atoms with Gasteiger partial charge < -0.3 is 14.2 Å². The molecule has 7 nitrogen and oxygen atoms in total. The highest BCUT2D eigenvalue weighted by Crippen LogP contribution is 2.15. The van der Waals surface area contributed by atoms with E-state index in [1.807, 2.05) is 0 Å². The number of ether oxygens (including phenoxy) is 1. The highest BCUT2D eigenvalue weighted by molar-refractivity contribution is 7.86. The van der Waals surface area contributed by atoms with E-state index in [9.17, 15) is 18.0 Å². The van der Waals surface area contributed by atoms with Crippen molar-refractivity contribution >= 4 is 22.0 Å². The molecule has 0 radical (unpaired) electrons. The standard InChI is InChI=1S/C15H21NO6S/c1-10(2)21-15(18)14(16-11(3)17)9-12-5-7-13(8-6-12)22-23(4,19)20/h5-8,10,14H,9H2,1-4H3,(H,16,17)/t14-/m0/s1. The Labute approximate surface area is 136 Å². The number of carbonyl (C=O) groups excluding carboxylic acids is 2. The summed E-state index contributed by atoms with van der Waals surface area (Å²) in [7, 11) is -3.59. The Kier molecular flexibility index (Phi) is 6.56. The van der Waals surface area contributed by atoms with Gasteiger partial charge in [-0.05, 0) is 31.5 Å². The van der Waals surface area contributed by atoms with Crippen molar-refractivity contribution in [1.29, 1.82) is 0 Å². The quantitative estimate of drug-likeness (QED) is 0.586. The number of hydrogen-bond donors (Lipinski definition) is 1. The van der Waals surface area contributed by atoms with E-state index in [-0.39, 0.29) is 24.2 Å². The van der Waals surface area contributed by atoms with E-state index in [0.717, 1.165) is 11.8 Å². The van der Waals surface area contributed by atoms with Crippen molar-refractivity contribution in [2.45, 2.75) is 39.3 Å². The molecular weight excluding hydrogens is 322 g/mol. The van der Waals surface area contributed by atoms with Gasteiger partial charge in [0.2, 0.25) is 5.91 Å². The molecule has 1 amide bonds. The van der Waals surface area contributed by atoms with Crippen LogP contribution in [0.5, 0.6) is 5.75 Å². The van der Waals surface area contributed by atoms with Crippen molar-refractivity contribution in [3.8, 4) is 5.75 Å². The minimum Gasteiger partial charge on any atom is -0.461 e. The largest absolute Gasteiger partial charge is 0.461 e. The fourth-order valence-electron chi connectivity index (χ4n) is 1.84. The van der Waals surface area contributed by atoms with Gasteiger partial charge in [-0.3, -0.25) is 4.79 Å². The zero-order valence-electron chi connectivity index (χ0n) is 13.5. The molecule has 1 aromatic carbocycles. The van der Waals surface area contributed by atoms with Crippen LogP contribution in [0.4, 0.5) is 0 Å². The van der Waals surface area contributed by atoms with E-state index in [1.165, 1.54) is 19.1 Å². The maximum absolute atomic E-state index is 12.0. The van der Waals surface area contributed by atoms with E-state index in [4.69, 9.17) is 8.92 Å². The average Bonchev–Trinajstić information content (AvgIpc) is 2.37. The fraction of sp³-hybridized carbons (Fsp3) is 0.467. The Morgan fingerprint density at radius 2 is 1.74 bits per heavy atom. The predicted octanol–water partition coefficient (Wildman–Crippen LogP) is 1.02. The van der Waals surface area contributed by atoms with Crippen molar-refractivity contribution in [3.05, 3.63) is 29.8 Å². The number of rotatable bonds is 7. The molecule has 1 aromatic rings. The van der Waals surface area contributed by atoms with Crippen LogP contribution in [0.15, 0.2) is 24.3 Å². The first kappa shape index (κ1) is 19.0. The third kappa shape index (κ3) is 7.64. The Bertz CT molecular complexity index is 651. The summed E-state index contributed by atoms with van der Waals surface area (Å²) in [5.74, 6) is -0.684. The van der Waals surface area contributed by atoms with Crippen LogP contribution in [0.1, 0.15) is 26.3 Å². The molecule has 0 heterocycles. The second kappa shape index (κ2) is 7.96. The summed E-state index contributed by atoms with van der Waals surface area (Å²) in [6.45, 7) is 4.76. The lowest BCUT2D eigenvalue weighted by Crippen LogP contribution is -2.43. The highest BCUT2D eigenvalue weighted by atomic mass is 32.2. The molecule has 0 unspecified atom stereocenters. The first-order chi connectivity index (χ1) is 10.6. The van der Waals surface area contributed by atoms with Crippen LogP contribution in [0.3, 0.4) is 0 Å². The third-order valence-electron chi connectivity index (χ3n) is 2.62. The minimum absolute atomic E-state index is 0.178. The molecule has 23 heavy (non-hydrogen) atoms. The summed E-state index contributed by atoms with van der Waals surface area (Å²) >= 11 is 0. The van der Waals surface area contributed by atoms with Gasteiger partial charge in [0.25, 0.3) is 0 Å².